The van der Waals surface area contributed by atoms with Gasteiger partial charge in [-0.2, -0.15) is 0 Å². The molecule has 0 bridgehead atoms. The van der Waals surface area contributed by atoms with Crippen molar-refractivity contribution < 1.29 is 0 Å². The van der Waals surface area contributed by atoms with Crippen LogP contribution >= 0.6 is 11.3 Å². The van der Waals surface area contributed by atoms with Crippen LogP contribution in [0.15, 0.2) is 11.1 Å². The Balaban J connectivity index is 1.53. The molecule has 0 saturated heterocycles. The molecule has 1 unspecified atom stereocenters. The van der Waals surface area contributed by atoms with E-state index >= 15 is 0 Å². The van der Waals surface area contributed by atoms with Crippen LogP contribution in [-0.4, -0.2) is 21.6 Å². The molecule has 2 aromatic heterocycles. The summed E-state index contributed by atoms with van der Waals surface area (Å²) in [6.07, 6.45) is 12.5. The van der Waals surface area contributed by atoms with Gasteiger partial charge in [-0.3, -0.25) is 9.36 Å². The molecule has 0 spiro atoms. The fourth-order valence-corrected chi connectivity index (χ4v) is 5.60. The standard InChI is InChI=1S/C18H23N3OS/c22-18-16-14-8-7-12(20-11-5-6-11)9-15(14)23-17(16)19-10-21(18)13-3-1-2-4-13/h10-13,20H,1-9H2. The van der Waals surface area contributed by atoms with Crippen LogP contribution < -0.4 is 10.9 Å². The van der Waals surface area contributed by atoms with Gasteiger partial charge < -0.3 is 5.32 Å². The summed E-state index contributed by atoms with van der Waals surface area (Å²) in [5.74, 6) is 0. The molecule has 1 N–H and O–H groups in total. The molecule has 3 aliphatic carbocycles. The third-order valence-electron chi connectivity index (χ3n) is 5.76. The lowest BCUT2D eigenvalue weighted by atomic mass is 9.93. The second-order valence-electron chi connectivity index (χ2n) is 7.46. The van der Waals surface area contributed by atoms with Gasteiger partial charge in [-0.25, -0.2) is 4.98 Å². The number of nitrogens with zero attached hydrogens (tertiary/aromatic N) is 2. The van der Waals surface area contributed by atoms with Crippen LogP contribution in [0.5, 0.6) is 0 Å². The van der Waals surface area contributed by atoms with Crippen molar-refractivity contribution >= 4 is 21.6 Å². The summed E-state index contributed by atoms with van der Waals surface area (Å²) in [5.41, 5.74) is 1.52. The molecule has 5 heteroatoms. The Labute approximate surface area is 139 Å². The van der Waals surface area contributed by atoms with Gasteiger partial charge in [0.15, 0.2) is 0 Å². The van der Waals surface area contributed by atoms with Gasteiger partial charge in [-0.1, -0.05) is 12.8 Å². The summed E-state index contributed by atoms with van der Waals surface area (Å²) in [4.78, 5) is 20.0. The summed E-state index contributed by atoms with van der Waals surface area (Å²) in [6, 6.07) is 1.73. The Bertz CT molecular complexity index is 798. The maximum atomic E-state index is 13.0. The first-order valence-corrected chi connectivity index (χ1v) is 9.88. The third kappa shape index (κ3) is 2.45. The number of hydrogen-bond acceptors (Lipinski definition) is 4. The van der Waals surface area contributed by atoms with Gasteiger partial charge in [-0.15, -0.1) is 11.3 Å². The minimum Gasteiger partial charge on any atom is -0.311 e. The lowest BCUT2D eigenvalue weighted by Crippen LogP contribution is -2.35. The molecule has 0 amide bonds. The number of thiophene rings is 1. The van der Waals surface area contributed by atoms with E-state index in [-0.39, 0.29) is 5.56 Å². The average molecular weight is 329 g/mol. The van der Waals surface area contributed by atoms with Crippen molar-refractivity contribution in [3.8, 4) is 0 Å². The number of aromatic nitrogens is 2. The molecule has 23 heavy (non-hydrogen) atoms. The second kappa shape index (κ2) is 5.42. The van der Waals surface area contributed by atoms with Gasteiger partial charge in [0.1, 0.15) is 4.83 Å². The molecule has 0 radical (unpaired) electrons. The fourth-order valence-electron chi connectivity index (χ4n) is 4.35. The lowest BCUT2D eigenvalue weighted by molar-refractivity contribution is 0.460. The highest BCUT2D eigenvalue weighted by atomic mass is 32.1. The molecule has 4 nitrogen and oxygen atoms in total. The zero-order valence-corrected chi connectivity index (χ0v) is 14.2. The van der Waals surface area contributed by atoms with Gasteiger partial charge in [0.25, 0.3) is 5.56 Å². The molecule has 5 rings (SSSR count). The highest BCUT2D eigenvalue weighted by molar-refractivity contribution is 7.18. The Morgan fingerprint density at radius 1 is 1.13 bits per heavy atom. The van der Waals surface area contributed by atoms with Crippen LogP contribution in [-0.2, 0) is 12.8 Å². The number of rotatable bonds is 3. The van der Waals surface area contributed by atoms with Crippen LogP contribution in [0.25, 0.3) is 10.2 Å². The maximum absolute atomic E-state index is 13.0. The molecular weight excluding hydrogens is 306 g/mol. The summed E-state index contributed by atoms with van der Waals surface area (Å²) in [7, 11) is 0. The van der Waals surface area contributed by atoms with Gasteiger partial charge in [0.05, 0.1) is 11.7 Å². The first-order chi connectivity index (χ1) is 11.3. The molecule has 3 aliphatic rings. The van der Waals surface area contributed by atoms with E-state index in [2.05, 4.69) is 10.3 Å². The smallest absolute Gasteiger partial charge is 0.262 e. The molecule has 2 heterocycles. The van der Waals surface area contributed by atoms with E-state index in [9.17, 15) is 4.79 Å². The van der Waals surface area contributed by atoms with Crippen molar-refractivity contribution in [3.63, 3.8) is 0 Å². The summed E-state index contributed by atoms with van der Waals surface area (Å²) in [5, 5.41) is 4.69. The van der Waals surface area contributed by atoms with E-state index in [1.54, 1.807) is 11.3 Å². The summed E-state index contributed by atoms with van der Waals surface area (Å²) >= 11 is 1.75. The number of nitrogens with one attached hydrogen (secondary N) is 1. The molecule has 0 aromatic carbocycles. The molecule has 0 aliphatic heterocycles. The van der Waals surface area contributed by atoms with Gasteiger partial charge >= 0.3 is 0 Å². The van der Waals surface area contributed by atoms with E-state index < -0.39 is 0 Å². The Morgan fingerprint density at radius 3 is 2.74 bits per heavy atom. The predicted molar refractivity (Wildman–Crippen MR) is 93.4 cm³/mol. The number of fused-ring (bicyclic) bond motifs is 3. The maximum Gasteiger partial charge on any atom is 0.262 e. The Kier molecular flexibility index (Phi) is 3.34. The first kappa shape index (κ1) is 14.2. The fraction of sp³-hybridized carbons (Fsp3) is 0.667. The molecule has 122 valence electrons. The minimum absolute atomic E-state index is 0.216. The van der Waals surface area contributed by atoms with Crippen molar-refractivity contribution in [2.24, 2.45) is 0 Å². The first-order valence-electron chi connectivity index (χ1n) is 9.07. The van der Waals surface area contributed by atoms with Crippen molar-refractivity contribution in [1.29, 1.82) is 0 Å². The SMILES string of the molecule is O=c1c2c3c(sc2ncn1C1CCCC1)CC(NC1CC1)CC3. The topological polar surface area (TPSA) is 46.9 Å². The molecule has 1 atom stereocenters. The van der Waals surface area contributed by atoms with Crippen LogP contribution in [0.1, 0.15) is 61.4 Å². The highest BCUT2D eigenvalue weighted by Gasteiger charge is 2.30. The van der Waals surface area contributed by atoms with Gasteiger partial charge in [0, 0.05) is 23.0 Å². The average Bonchev–Trinajstić information content (AvgIpc) is 3.07. The van der Waals surface area contributed by atoms with E-state index in [0.29, 0.717) is 12.1 Å². The molecule has 2 aromatic rings. The van der Waals surface area contributed by atoms with Gasteiger partial charge in [-0.05, 0) is 50.5 Å². The zero-order valence-electron chi connectivity index (χ0n) is 13.4. The molecular formula is C18H23N3OS. The van der Waals surface area contributed by atoms with Crippen LogP contribution in [0.3, 0.4) is 0 Å². The van der Waals surface area contributed by atoms with E-state index in [4.69, 9.17) is 0 Å². The molecule has 2 saturated carbocycles. The monoisotopic (exact) mass is 329 g/mol. The summed E-state index contributed by atoms with van der Waals surface area (Å²) < 4.78 is 1.93. The van der Waals surface area contributed by atoms with Crippen molar-refractivity contribution in [2.45, 2.75) is 75.9 Å². The van der Waals surface area contributed by atoms with Crippen molar-refractivity contribution in [1.82, 2.24) is 14.9 Å². The summed E-state index contributed by atoms with van der Waals surface area (Å²) in [6.45, 7) is 0. The van der Waals surface area contributed by atoms with Crippen LogP contribution in [0.4, 0.5) is 0 Å². The predicted octanol–water partition coefficient (Wildman–Crippen LogP) is 3.18. The largest absolute Gasteiger partial charge is 0.311 e. The molecule has 2 fully saturated rings. The number of aryl methyl sites for hydroxylation is 1. The quantitative estimate of drug-likeness (QED) is 0.941. The van der Waals surface area contributed by atoms with Crippen LogP contribution in [0.2, 0.25) is 0 Å². The van der Waals surface area contributed by atoms with Crippen molar-refractivity contribution in [3.05, 3.63) is 27.1 Å². The minimum atomic E-state index is 0.216. The van der Waals surface area contributed by atoms with E-state index in [1.165, 1.54) is 36.1 Å². The lowest BCUT2D eigenvalue weighted by Gasteiger charge is -2.23. The normalized spacial score (nSPS) is 25.1. The third-order valence-corrected chi connectivity index (χ3v) is 6.92. The van der Waals surface area contributed by atoms with Gasteiger partial charge in [0.2, 0.25) is 0 Å². The van der Waals surface area contributed by atoms with E-state index in [1.807, 2.05) is 10.9 Å². The van der Waals surface area contributed by atoms with E-state index in [0.717, 1.165) is 48.4 Å². The van der Waals surface area contributed by atoms with Crippen molar-refractivity contribution in [2.75, 3.05) is 0 Å². The second-order valence-corrected chi connectivity index (χ2v) is 8.54. The Hall–Kier alpha value is -1.20. The highest BCUT2D eigenvalue weighted by Crippen LogP contribution is 2.35. The number of hydrogen-bond donors (Lipinski definition) is 1. The zero-order chi connectivity index (χ0) is 15.4. The van der Waals surface area contributed by atoms with Crippen LogP contribution in [0, 0.1) is 0 Å². The Morgan fingerprint density at radius 2 is 1.96 bits per heavy atom.